The summed E-state index contributed by atoms with van der Waals surface area (Å²) in [5, 5.41) is 14.9. The summed E-state index contributed by atoms with van der Waals surface area (Å²) in [5.74, 6) is 0. The van der Waals surface area contributed by atoms with Gasteiger partial charge in [0.1, 0.15) is 6.33 Å². The van der Waals surface area contributed by atoms with E-state index in [1.54, 1.807) is 11.0 Å². The number of rotatable bonds is 3. The van der Waals surface area contributed by atoms with Crippen LogP contribution in [0.15, 0.2) is 24.5 Å². The molecule has 2 aromatic rings. The number of hydrogen-bond donors (Lipinski definition) is 1. The summed E-state index contributed by atoms with van der Waals surface area (Å²) >= 11 is 0. The predicted molar refractivity (Wildman–Crippen MR) is 80.5 cm³/mol. The lowest BCUT2D eigenvalue weighted by Gasteiger charge is -2.33. The van der Waals surface area contributed by atoms with Crippen LogP contribution in [0, 0.1) is 6.92 Å². The Kier molecular flexibility index (Phi) is 3.88. The number of nitrogens with zero attached hydrogens (tertiary/aromatic N) is 4. The first-order chi connectivity index (χ1) is 10.1. The minimum atomic E-state index is 0.300. The van der Waals surface area contributed by atoms with Crippen LogP contribution in [0.4, 0.5) is 5.69 Å². The second kappa shape index (κ2) is 5.81. The van der Waals surface area contributed by atoms with Gasteiger partial charge in [-0.25, -0.2) is 4.68 Å². The summed E-state index contributed by atoms with van der Waals surface area (Å²) in [7, 11) is 0. The Balaban J connectivity index is 1.80. The molecule has 2 unspecified atom stereocenters. The summed E-state index contributed by atoms with van der Waals surface area (Å²) in [6.45, 7) is 6.38. The molecule has 21 heavy (non-hydrogen) atoms. The molecule has 1 aromatic heterocycles. The van der Waals surface area contributed by atoms with E-state index in [9.17, 15) is 0 Å². The van der Waals surface area contributed by atoms with Crippen molar-refractivity contribution in [1.29, 1.82) is 0 Å². The number of hydrogen-bond acceptors (Lipinski definition) is 5. The Bertz CT molecular complexity index is 588. The molecule has 1 aliphatic heterocycles. The molecule has 6 heteroatoms. The van der Waals surface area contributed by atoms with Gasteiger partial charge in [0.25, 0.3) is 0 Å². The van der Waals surface area contributed by atoms with Gasteiger partial charge in [0.15, 0.2) is 0 Å². The minimum Gasteiger partial charge on any atom is -0.382 e. The van der Waals surface area contributed by atoms with E-state index in [4.69, 9.17) is 4.74 Å². The molecule has 3 rings (SSSR count). The van der Waals surface area contributed by atoms with Gasteiger partial charge < -0.3 is 10.1 Å². The maximum Gasteiger partial charge on any atom is 0.143 e. The van der Waals surface area contributed by atoms with Gasteiger partial charge in [-0.3, -0.25) is 0 Å². The molecule has 112 valence electrons. The highest BCUT2D eigenvalue weighted by Gasteiger charge is 2.24. The van der Waals surface area contributed by atoms with Crippen molar-refractivity contribution < 1.29 is 4.74 Å². The molecule has 0 aliphatic carbocycles. The molecule has 1 aliphatic rings. The highest BCUT2D eigenvalue weighted by atomic mass is 16.5. The van der Waals surface area contributed by atoms with Crippen LogP contribution in [0.1, 0.15) is 32.3 Å². The molecule has 1 aromatic carbocycles. The molecule has 1 N–H and O–H groups in total. The topological polar surface area (TPSA) is 64.9 Å². The van der Waals surface area contributed by atoms with Gasteiger partial charge >= 0.3 is 0 Å². The third kappa shape index (κ3) is 3.21. The van der Waals surface area contributed by atoms with Crippen LogP contribution in [-0.4, -0.2) is 38.5 Å². The normalized spacial score (nSPS) is 25.8. The van der Waals surface area contributed by atoms with E-state index in [1.165, 1.54) is 5.56 Å². The number of aromatic nitrogens is 4. The first-order valence-electron chi connectivity index (χ1n) is 7.38. The van der Waals surface area contributed by atoms with Crippen LogP contribution in [-0.2, 0) is 4.74 Å². The minimum absolute atomic E-state index is 0.300. The fourth-order valence-electron chi connectivity index (χ4n) is 2.93. The number of ether oxygens (including phenoxy) is 1. The molecule has 1 saturated heterocycles. The van der Waals surface area contributed by atoms with Crippen molar-refractivity contribution in [3.8, 4) is 5.69 Å². The lowest BCUT2D eigenvalue weighted by Crippen LogP contribution is -2.37. The van der Waals surface area contributed by atoms with Crippen LogP contribution in [0.2, 0.25) is 0 Å². The maximum absolute atomic E-state index is 5.80. The summed E-state index contributed by atoms with van der Waals surface area (Å²) < 4.78 is 7.46. The molecule has 0 bridgehead atoms. The van der Waals surface area contributed by atoms with Crippen molar-refractivity contribution in [3.63, 3.8) is 0 Å². The summed E-state index contributed by atoms with van der Waals surface area (Å²) in [6.07, 6.45) is 4.26. The maximum atomic E-state index is 5.80. The standard InChI is InChI=1S/C15H21N5O/c1-10-4-5-14(20-9-16-18-19-20)8-15(10)17-13-6-11(2)21-12(3)7-13/h4-5,8-9,11-13,17H,6-7H2,1-3H3. The van der Waals surface area contributed by atoms with Crippen LogP contribution < -0.4 is 5.32 Å². The third-order valence-electron chi connectivity index (χ3n) is 3.89. The number of tetrazole rings is 1. The highest BCUT2D eigenvalue weighted by molar-refractivity contribution is 5.57. The molecule has 2 atom stereocenters. The van der Waals surface area contributed by atoms with E-state index in [0.29, 0.717) is 18.2 Å². The molecule has 0 radical (unpaired) electrons. The first kappa shape index (κ1) is 14.0. The predicted octanol–water partition coefficient (Wildman–Crippen LogP) is 2.34. The number of benzene rings is 1. The van der Waals surface area contributed by atoms with Crippen molar-refractivity contribution in [3.05, 3.63) is 30.1 Å². The lowest BCUT2D eigenvalue weighted by molar-refractivity contribution is -0.0337. The van der Waals surface area contributed by atoms with Gasteiger partial charge in [-0.15, -0.1) is 5.10 Å². The van der Waals surface area contributed by atoms with Gasteiger partial charge in [0.05, 0.1) is 17.9 Å². The fourth-order valence-corrected chi connectivity index (χ4v) is 2.93. The van der Waals surface area contributed by atoms with Crippen molar-refractivity contribution in [2.45, 2.75) is 51.9 Å². The molecule has 0 spiro atoms. The van der Waals surface area contributed by atoms with Crippen LogP contribution >= 0.6 is 0 Å². The zero-order chi connectivity index (χ0) is 14.8. The summed E-state index contributed by atoms with van der Waals surface area (Å²) in [6, 6.07) is 6.64. The zero-order valence-corrected chi connectivity index (χ0v) is 12.7. The van der Waals surface area contributed by atoms with E-state index >= 15 is 0 Å². The Labute approximate surface area is 124 Å². The van der Waals surface area contributed by atoms with Gasteiger partial charge in [0, 0.05) is 11.7 Å². The Hall–Kier alpha value is -1.95. The van der Waals surface area contributed by atoms with Gasteiger partial charge in [-0.2, -0.15) is 0 Å². The second-order valence-corrected chi connectivity index (χ2v) is 5.82. The van der Waals surface area contributed by atoms with Crippen LogP contribution in [0.3, 0.4) is 0 Å². The highest BCUT2D eigenvalue weighted by Crippen LogP contribution is 2.25. The Morgan fingerprint density at radius 3 is 2.67 bits per heavy atom. The zero-order valence-electron chi connectivity index (χ0n) is 12.7. The van der Waals surface area contributed by atoms with E-state index in [2.05, 4.69) is 53.7 Å². The molecular formula is C15H21N5O. The van der Waals surface area contributed by atoms with Gasteiger partial charge in [-0.05, 0) is 61.7 Å². The second-order valence-electron chi connectivity index (χ2n) is 5.82. The molecule has 2 heterocycles. The van der Waals surface area contributed by atoms with Crippen molar-refractivity contribution >= 4 is 5.69 Å². The fraction of sp³-hybridized carbons (Fsp3) is 0.533. The smallest absolute Gasteiger partial charge is 0.143 e. The quantitative estimate of drug-likeness (QED) is 0.938. The largest absolute Gasteiger partial charge is 0.382 e. The number of nitrogens with one attached hydrogen (secondary N) is 1. The summed E-state index contributed by atoms with van der Waals surface area (Å²) in [4.78, 5) is 0. The molecule has 0 amide bonds. The van der Waals surface area contributed by atoms with E-state index in [-0.39, 0.29) is 0 Å². The third-order valence-corrected chi connectivity index (χ3v) is 3.89. The lowest BCUT2D eigenvalue weighted by atomic mass is 9.99. The number of aryl methyl sites for hydroxylation is 1. The summed E-state index contributed by atoms with van der Waals surface area (Å²) in [5.41, 5.74) is 3.31. The molecular weight excluding hydrogens is 266 g/mol. The van der Waals surface area contributed by atoms with Gasteiger partial charge in [-0.1, -0.05) is 6.07 Å². The van der Waals surface area contributed by atoms with Crippen molar-refractivity contribution in [2.75, 3.05) is 5.32 Å². The SMILES string of the molecule is Cc1ccc(-n2cnnn2)cc1NC1CC(C)OC(C)C1. The number of anilines is 1. The average molecular weight is 287 g/mol. The van der Waals surface area contributed by atoms with E-state index in [1.807, 2.05) is 6.07 Å². The van der Waals surface area contributed by atoms with E-state index < -0.39 is 0 Å². The molecule has 6 nitrogen and oxygen atoms in total. The van der Waals surface area contributed by atoms with Crippen LogP contribution in [0.5, 0.6) is 0 Å². The first-order valence-corrected chi connectivity index (χ1v) is 7.38. The van der Waals surface area contributed by atoms with Crippen LogP contribution in [0.25, 0.3) is 5.69 Å². The van der Waals surface area contributed by atoms with Crippen molar-refractivity contribution in [2.24, 2.45) is 0 Å². The monoisotopic (exact) mass is 287 g/mol. The Morgan fingerprint density at radius 2 is 2.00 bits per heavy atom. The average Bonchev–Trinajstić information content (AvgIpc) is 2.94. The van der Waals surface area contributed by atoms with E-state index in [0.717, 1.165) is 24.2 Å². The van der Waals surface area contributed by atoms with Gasteiger partial charge in [0.2, 0.25) is 0 Å². The molecule has 1 fully saturated rings. The Morgan fingerprint density at radius 1 is 1.24 bits per heavy atom. The molecule has 0 saturated carbocycles. The van der Waals surface area contributed by atoms with Crippen molar-refractivity contribution in [1.82, 2.24) is 20.2 Å².